The summed E-state index contributed by atoms with van der Waals surface area (Å²) in [7, 11) is 0. The van der Waals surface area contributed by atoms with E-state index in [4.69, 9.17) is 20.7 Å². The molecule has 0 atom stereocenters. The summed E-state index contributed by atoms with van der Waals surface area (Å²) in [4.78, 5) is 8.96. The molecule has 2 aromatic carbocycles. The Hall–Kier alpha value is -1.86. The van der Waals surface area contributed by atoms with Gasteiger partial charge in [0.1, 0.15) is 5.84 Å². The number of rotatable bonds is 5. The number of hydrogen-bond donors (Lipinski definition) is 1. The average molecular weight is 392 g/mol. The zero-order chi connectivity index (χ0) is 25.6. The van der Waals surface area contributed by atoms with Crippen molar-refractivity contribution < 1.29 is 20.8 Å². The third-order valence-corrected chi connectivity index (χ3v) is 5.32. The molecule has 4 rings (SSSR count). The Labute approximate surface area is 175 Å². The highest BCUT2D eigenvalue weighted by Crippen LogP contribution is 2.40. The second kappa shape index (κ2) is 8.89. The maximum atomic E-state index is 9.28. The van der Waals surface area contributed by atoms with Gasteiger partial charge in [-0.3, -0.25) is 4.90 Å². The van der Waals surface area contributed by atoms with Crippen LogP contribution in [0.3, 0.4) is 0 Å². The van der Waals surface area contributed by atoms with Crippen LogP contribution in [-0.4, -0.2) is 73.1 Å². The van der Waals surface area contributed by atoms with Crippen LogP contribution in [0.1, 0.15) is 16.5 Å². The summed E-state index contributed by atoms with van der Waals surface area (Å²) >= 11 is 1.49. The monoisotopic (exact) mass is 391 g/mol. The molecule has 0 bridgehead atoms. The fourth-order valence-electron chi connectivity index (χ4n) is 2.86. The van der Waals surface area contributed by atoms with E-state index in [0.29, 0.717) is 11.3 Å². The minimum atomic E-state index is -3.21. The number of amidine groups is 1. The SMILES string of the molecule is [2H]C1([2H])CN(CCOC([2H])([2H])C([2H])([2H])O)CC([2H])([2H])N1C1=Nc2ccccc2Sc2ccccc21. The minimum Gasteiger partial charge on any atom is -0.394 e. The third-order valence-electron chi connectivity index (χ3n) is 4.18. The van der Waals surface area contributed by atoms with Gasteiger partial charge in [-0.1, -0.05) is 42.1 Å². The largest absolute Gasteiger partial charge is 0.394 e. The minimum absolute atomic E-state index is 0.0653. The van der Waals surface area contributed by atoms with Gasteiger partial charge >= 0.3 is 0 Å². The van der Waals surface area contributed by atoms with Crippen LogP contribution in [0.5, 0.6) is 0 Å². The molecule has 0 unspecified atom stereocenters. The van der Waals surface area contributed by atoms with Gasteiger partial charge in [-0.2, -0.15) is 0 Å². The lowest BCUT2D eigenvalue weighted by atomic mass is 10.1. The molecule has 27 heavy (non-hydrogen) atoms. The lowest BCUT2D eigenvalue weighted by Crippen LogP contribution is -2.49. The Morgan fingerprint density at radius 2 is 1.85 bits per heavy atom. The predicted octanol–water partition coefficient (Wildman–Crippen LogP) is 2.86. The summed E-state index contributed by atoms with van der Waals surface area (Å²) in [5.41, 5.74) is 1.24. The average Bonchev–Trinajstić information content (AvgIpc) is 2.88. The van der Waals surface area contributed by atoms with E-state index in [1.807, 2.05) is 30.3 Å². The van der Waals surface area contributed by atoms with Gasteiger partial charge in [0.15, 0.2) is 0 Å². The quantitative estimate of drug-likeness (QED) is 0.849. The second-order valence-electron chi connectivity index (χ2n) is 5.93. The molecule has 0 aliphatic carbocycles. The van der Waals surface area contributed by atoms with Crippen molar-refractivity contribution in [3.8, 4) is 0 Å². The zero-order valence-electron chi connectivity index (χ0n) is 22.6. The lowest BCUT2D eigenvalue weighted by molar-refractivity contribution is 0.0652. The van der Waals surface area contributed by atoms with Gasteiger partial charge < -0.3 is 14.7 Å². The number of nitrogens with zero attached hydrogens (tertiary/aromatic N) is 3. The number of benzene rings is 2. The van der Waals surface area contributed by atoms with Crippen molar-refractivity contribution in [3.63, 3.8) is 0 Å². The molecule has 2 aromatic rings. The van der Waals surface area contributed by atoms with Crippen molar-refractivity contribution >= 4 is 23.3 Å². The van der Waals surface area contributed by atoms with Crippen LogP contribution in [0.2, 0.25) is 0 Å². The Morgan fingerprint density at radius 3 is 2.67 bits per heavy atom. The number of ether oxygens (including phenoxy) is 1. The van der Waals surface area contributed by atoms with E-state index in [2.05, 4.69) is 0 Å². The molecule has 6 heteroatoms. The first-order valence-corrected chi connectivity index (χ1v) is 9.37. The topological polar surface area (TPSA) is 48.3 Å². The zero-order valence-corrected chi connectivity index (χ0v) is 15.4. The van der Waals surface area contributed by atoms with Crippen LogP contribution >= 0.6 is 11.8 Å². The molecule has 1 N–H and O–H groups in total. The molecule has 142 valence electrons. The van der Waals surface area contributed by atoms with Gasteiger partial charge in [0.2, 0.25) is 0 Å². The van der Waals surface area contributed by atoms with Gasteiger partial charge in [0, 0.05) is 48.0 Å². The van der Waals surface area contributed by atoms with Crippen molar-refractivity contribution in [1.82, 2.24) is 9.80 Å². The van der Waals surface area contributed by atoms with Crippen LogP contribution < -0.4 is 0 Å². The summed E-state index contributed by atoms with van der Waals surface area (Å²) in [6, 6.07) is 14.8. The summed E-state index contributed by atoms with van der Waals surface area (Å²) in [5.74, 6) is 0.189. The van der Waals surface area contributed by atoms with E-state index < -0.39 is 26.1 Å². The molecule has 0 aromatic heterocycles. The van der Waals surface area contributed by atoms with Crippen molar-refractivity contribution in [2.24, 2.45) is 4.99 Å². The second-order valence-corrected chi connectivity index (χ2v) is 7.01. The van der Waals surface area contributed by atoms with E-state index >= 15 is 0 Å². The Bertz CT molecular complexity index is 1110. The molecule has 0 saturated carbocycles. The van der Waals surface area contributed by atoms with Crippen molar-refractivity contribution in [3.05, 3.63) is 54.1 Å². The van der Waals surface area contributed by atoms with Crippen LogP contribution in [0, 0.1) is 0 Å². The Balaban J connectivity index is 1.63. The van der Waals surface area contributed by atoms with Crippen LogP contribution in [0.4, 0.5) is 5.69 Å². The van der Waals surface area contributed by atoms with Crippen LogP contribution in [0.15, 0.2) is 63.3 Å². The summed E-state index contributed by atoms with van der Waals surface area (Å²) in [5, 5.41) is 9.28. The number of para-hydroxylation sites is 1. The van der Waals surface area contributed by atoms with Gasteiger partial charge in [-0.05, 0) is 18.2 Å². The van der Waals surface area contributed by atoms with E-state index in [0.717, 1.165) is 14.7 Å². The van der Waals surface area contributed by atoms with Crippen molar-refractivity contribution in [1.29, 1.82) is 0 Å². The Kier molecular flexibility index (Phi) is 3.69. The Morgan fingerprint density at radius 1 is 1.11 bits per heavy atom. The fourth-order valence-corrected chi connectivity index (χ4v) is 3.88. The standard InChI is InChI=1S/C21H25N3O2S/c25-14-16-26-15-13-23-9-11-24(12-10-23)21-17-5-1-3-7-19(17)27-20-8-4-2-6-18(20)22-21/h1-8,25H,9-16H2/i11D2,12D2,14D2,16D2. The number of hydrogen-bond acceptors (Lipinski definition) is 6. The third kappa shape index (κ3) is 4.35. The first-order valence-electron chi connectivity index (χ1n) is 12.6. The number of fused-ring (bicyclic) bond motifs is 2. The molecule has 5 nitrogen and oxygen atoms in total. The molecule has 1 fully saturated rings. The van der Waals surface area contributed by atoms with E-state index in [1.54, 1.807) is 18.2 Å². The van der Waals surface area contributed by atoms with E-state index in [1.165, 1.54) is 16.7 Å². The fraction of sp³-hybridized carbons (Fsp3) is 0.381. The van der Waals surface area contributed by atoms with Gasteiger partial charge in [0.25, 0.3) is 0 Å². The molecule has 2 aliphatic rings. The highest BCUT2D eigenvalue weighted by atomic mass is 32.2. The first kappa shape index (κ1) is 11.2. The van der Waals surface area contributed by atoms with Crippen LogP contribution in [-0.2, 0) is 4.74 Å². The summed E-state index contributed by atoms with van der Waals surface area (Å²) in [6.07, 6.45) is 0. The molecule has 0 amide bonds. The van der Waals surface area contributed by atoms with Gasteiger partial charge in [-0.15, -0.1) is 0 Å². The number of aliphatic hydroxyl groups is 1. The molecular weight excluding hydrogens is 358 g/mol. The molecule has 2 aliphatic heterocycles. The summed E-state index contributed by atoms with van der Waals surface area (Å²) in [6.45, 7) is -11.4. The van der Waals surface area contributed by atoms with E-state index in [9.17, 15) is 5.11 Å². The summed E-state index contributed by atoms with van der Waals surface area (Å²) < 4.78 is 69.2. The highest BCUT2D eigenvalue weighted by Gasteiger charge is 2.24. The maximum absolute atomic E-state index is 9.28. The number of piperazine rings is 1. The van der Waals surface area contributed by atoms with Crippen molar-refractivity contribution in [2.75, 3.05) is 52.4 Å². The lowest BCUT2D eigenvalue weighted by Gasteiger charge is -2.36. The molecule has 1 saturated heterocycles. The van der Waals surface area contributed by atoms with E-state index in [-0.39, 0.29) is 32.1 Å². The maximum Gasteiger partial charge on any atom is 0.137 e. The highest BCUT2D eigenvalue weighted by molar-refractivity contribution is 7.99. The normalized spacial score (nSPS) is 26.3. The smallest absolute Gasteiger partial charge is 0.137 e. The van der Waals surface area contributed by atoms with Gasteiger partial charge in [0.05, 0.1) is 36.4 Å². The van der Waals surface area contributed by atoms with Gasteiger partial charge in [-0.25, -0.2) is 4.99 Å². The predicted molar refractivity (Wildman–Crippen MR) is 109 cm³/mol. The molecule has 0 spiro atoms. The molecule has 2 heterocycles. The van der Waals surface area contributed by atoms with Crippen LogP contribution in [0.25, 0.3) is 0 Å². The molecular formula is C21H25N3O2S. The van der Waals surface area contributed by atoms with Crippen molar-refractivity contribution in [2.45, 2.75) is 9.79 Å². The number of aliphatic imine (C=N–C) groups is 1. The first-order chi connectivity index (χ1) is 16.2. The molecule has 0 radical (unpaired) electrons.